The maximum atomic E-state index is 12.2. The number of carboxylic acid groups (broad SMARTS) is 1. The second-order valence-corrected chi connectivity index (χ2v) is 5.00. The van der Waals surface area contributed by atoms with Crippen molar-refractivity contribution in [2.75, 3.05) is 13.1 Å². The fourth-order valence-electron chi connectivity index (χ4n) is 2.45. The highest BCUT2D eigenvalue weighted by atomic mass is 16.4. The molecular formula is C13H17NO4. The van der Waals surface area contributed by atoms with Crippen molar-refractivity contribution in [2.24, 2.45) is 11.8 Å². The van der Waals surface area contributed by atoms with E-state index in [9.17, 15) is 9.59 Å². The van der Waals surface area contributed by atoms with Crippen molar-refractivity contribution >= 4 is 11.9 Å². The molecule has 1 aliphatic heterocycles. The molecule has 0 saturated carbocycles. The van der Waals surface area contributed by atoms with Crippen LogP contribution in [0.25, 0.3) is 0 Å². The molecule has 1 aromatic heterocycles. The summed E-state index contributed by atoms with van der Waals surface area (Å²) >= 11 is 0. The Morgan fingerprint density at radius 3 is 2.50 bits per heavy atom. The second-order valence-electron chi connectivity index (χ2n) is 5.00. The lowest BCUT2D eigenvalue weighted by Gasteiger charge is -2.14. The smallest absolute Gasteiger partial charge is 0.308 e. The molecule has 0 aliphatic carbocycles. The Labute approximate surface area is 105 Å². The molecule has 98 valence electrons. The molecule has 1 aromatic rings. The molecule has 2 heterocycles. The van der Waals surface area contributed by atoms with Gasteiger partial charge in [0.15, 0.2) is 5.76 Å². The molecule has 0 spiro atoms. The molecule has 5 heteroatoms. The number of likely N-dealkylation sites (tertiary alicyclic amines) is 1. The molecule has 1 saturated heterocycles. The van der Waals surface area contributed by atoms with E-state index in [-0.39, 0.29) is 18.4 Å². The minimum atomic E-state index is -0.842. The van der Waals surface area contributed by atoms with Crippen LogP contribution in [0.4, 0.5) is 0 Å². The highest BCUT2D eigenvalue weighted by Gasteiger charge is 2.38. The number of carbonyl (C=O) groups is 2. The number of furan rings is 1. The van der Waals surface area contributed by atoms with Crippen LogP contribution in [-0.2, 0) is 4.79 Å². The molecule has 0 radical (unpaired) electrons. The van der Waals surface area contributed by atoms with Gasteiger partial charge in [0.05, 0.1) is 5.92 Å². The third-order valence-corrected chi connectivity index (χ3v) is 3.45. The lowest BCUT2D eigenvalue weighted by molar-refractivity contribution is -0.142. The van der Waals surface area contributed by atoms with Crippen LogP contribution in [0, 0.1) is 25.7 Å². The van der Waals surface area contributed by atoms with Gasteiger partial charge in [-0.3, -0.25) is 9.59 Å². The molecular weight excluding hydrogens is 234 g/mol. The second kappa shape index (κ2) is 4.48. The molecule has 2 atom stereocenters. The summed E-state index contributed by atoms with van der Waals surface area (Å²) < 4.78 is 5.38. The Hall–Kier alpha value is -1.78. The number of carbonyl (C=O) groups excluding carboxylic acids is 1. The summed E-state index contributed by atoms with van der Waals surface area (Å²) in [6, 6.07) is 1.81. The van der Waals surface area contributed by atoms with Gasteiger partial charge < -0.3 is 14.4 Å². The molecule has 0 unspecified atom stereocenters. The average molecular weight is 251 g/mol. The van der Waals surface area contributed by atoms with Crippen molar-refractivity contribution in [3.63, 3.8) is 0 Å². The van der Waals surface area contributed by atoms with Crippen molar-refractivity contribution in [2.45, 2.75) is 20.8 Å². The highest BCUT2D eigenvalue weighted by molar-refractivity contribution is 5.93. The van der Waals surface area contributed by atoms with E-state index in [0.717, 1.165) is 5.56 Å². The molecule has 1 amide bonds. The van der Waals surface area contributed by atoms with Gasteiger partial charge in [-0.25, -0.2) is 0 Å². The van der Waals surface area contributed by atoms with Gasteiger partial charge in [0, 0.05) is 18.7 Å². The maximum absolute atomic E-state index is 12.2. The van der Waals surface area contributed by atoms with Gasteiger partial charge in [0.1, 0.15) is 5.76 Å². The summed E-state index contributed by atoms with van der Waals surface area (Å²) in [5, 5.41) is 9.05. The lowest BCUT2D eigenvalue weighted by Crippen LogP contribution is -2.30. The Kier molecular flexibility index (Phi) is 3.15. The summed E-state index contributed by atoms with van der Waals surface area (Å²) in [6.45, 7) is 6.18. The highest BCUT2D eigenvalue weighted by Crippen LogP contribution is 2.26. The molecule has 18 heavy (non-hydrogen) atoms. The number of nitrogens with zero attached hydrogens (tertiary/aromatic N) is 1. The topological polar surface area (TPSA) is 70.8 Å². The van der Waals surface area contributed by atoms with Crippen molar-refractivity contribution in [3.05, 3.63) is 23.2 Å². The minimum Gasteiger partial charge on any atom is -0.481 e. The molecule has 1 aliphatic rings. The monoisotopic (exact) mass is 251 g/mol. The normalized spacial score (nSPS) is 23.4. The number of carboxylic acids is 1. The van der Waals surface area contributed by atoms with Gasteiger partial charge in [-0.15, -0.1) is 0 Å². The zero-order valence-electron chi connectivity index (χ0n) is 10.8. The SMILES string of the molecule is Cc1cc(C)c(C(=O)N2C[C@@H](C)[C@H](C(=O)O)C2)o1. The largest absolute Gasteiger partial charge is 0.481 e. The third-order valence-electron chi connectivity index (χ3n) is 3.45. The van der Waals surface area contributed by atoms with Crippen molar-refractivity contribution in [1.29, 1.82) is 0 Å². The van der Waals surface area contributed by atoms with E-state index in [1.54, 1.807) is 17.9 Å². The third kappa shape index (κ3) is 2.12. The van der Waals surface area contributed by atoms with Crippen LogP contribution in [0.15, 0.2) is 10.5 Å². The number of rotatable bonds is 2. The van der Waals surface area contributed by atoms with E-state index >= 15 is 0 Å². The number of hydrogen-bond acceptors (Lipinski definition) is 3. The first-order valence-electron chi connectivity index (χ1n) is 5.99. The Balaban J connectivity index is 2.17. The van der Waals surface area contributed by atoms with E-state index in [4.69, 9.17) is 9.52 Å². The standard InChI is InChI=1S/C13H17NO4/c1-7-4-9(3)18-11(7)12(15)14-5-8(2)10(6-14)13(16)17/h4,8,10H,5-6H2,1-3H3,(H,16,17)/t8-,10-/m1/s1. The van der Waals surface area contributed by atoms with Crippen LogP contribution in [0.1, 0.15) is 28.8 Å². The summed E-state index contributed by atoms with van der Waals surface area (Å²) in [5.41, 5.74) is 0.795. The molecule has 0 aromatic carbocycles. The van der Waals surface area contributed by atoms with Gasteiger partial charge in [0.25, 0.3) is 5.91 Å². The molecule has 1 N–H and O–H groups in total. The number of aryl methyl sites for hydroxylation is 2. The van der Waals surface area contributed by atoms with Crippen LogP contribution in [0.5, 0.6) is 0 Å². The Morgan fingerprint density at radius 1 is 1.39 bits per heavy atom. The lowest BCUT2D eigenvalue weighted by atomic mass is 9.99. The first-order valence-corrected chi connectivity index (χ1v) is 5.99. The predicted octanol–water partition coefficient (Wildman–Crippen LogP) is 1.69. The van der Waals surface area contributed by atoms with E-state index in [0.29, 0.717) is 18.1 Å². The predicted molar refractivity (Wildman–Crippen MR) is 64.4 cm³/mol. The number of hydrogen-bond donors (Lipinski definition) is 1. The van der Waals surface area contributed by atoms with E-state index < -0.39 is 11.9 Å². The zero-order chi connectivity index (χ0) is 13.4. The number of amides is 1. The van der Waals surface area contributed by atoms with Gasteiger partial charge in [-0.1, -0.05) is 6.92 Å². The van der Waals surface area contributed by atoms with E-state index in [1.165, 1.54) is 0 Å². The fourth-order valence-corrected chi connectivity index (χ4v) is 2.45. The van der Waals surface area contributed by atoms with Crippen LogP contribution < -0.4 is 0 Å². The zero-order valence-corrected chi connectivity index (χ0v) is 10.8. The summed E-state index contributed by atoms with van der Waals surface area (Å²) in [6.07, 6.45) is 0. The minimum absolute atomic E-state index is 0.0252. The summed E-state index contributed by atoms with van der Waals surface area (Å²) in [4.78, 5) is 24.8. The molecule has 1 fully saturated rings. The van der Waals surface area contributed by atoms with Crippen molar-refractivity contribution in [3.8, 4) is 0 Å². The van der Waals surface area contributed by atoms with E-state index in [2.05, 4.69) is 0 Å². The summed E-state index contributed by atoms with van der Waals surface area (Å²) in [5.74, 6) is -0.543. The van der Waals surface area contributed by atoms with Gasteiger partial charge >= 0.3 is 5.97 Å². The fraction of sp³-hybridized carbons (Fsp3) is 0.538. The molecule has 2 rings (SSSR count). The van der Waals surface area contributed by atoms with Gasteiger partial charge in [-0.2, -0.15) is 0 Å². The van der Waals surface area contributed by atoms with Crippen LogP contribution >= 0.6 is 0 Å². The van der Waals surface area contributed by atoms with E-state index in [1.807, 2.05) is 13.8 Å². The quantitative estimate of drug-likeness (QED) is 0.868. The first-order chi connectivity index (χ1) is 8.40. The van der Waals surface area contributed by atoms with Crippen molar-refractivity contribution < 1.29 is 19.1 Å². The average Bonchev–Trinajstić information content (AvgIpc) is 2.81. The van der Waals surface area contributed by atoms with Gasteiger partial charge in [-0.05, 0) is 25.8 Å². The molecule has 5 nitrogen and oxygen atoms in total. The summed E-state index contributed by atoms with van der Waals surface area (Å²) in [7, 11) is 0. The Bertz CT molecular complexity index is 491. The van der Waals surface area contributed by atoms with Crippen LogP contribution in [0.3, 0.4) is 0 Å². The van der Waals surface area contributed by atoms with Gasteiger partial charge in [0.2, 0.25) is 0 Å². The molecule has 0 bridgehead atoms. The maximum Gasteiger partial charge on any atom is 0.308 e. The van der Waals surface area contributed by atoms with Crippen LogP contribution in [-0.4, -0.2) is 35.0 Å². The number of aliphatic carboxylic acids is 1. The Morgan fingerprint density at radius 2 is 2.06 bits per heavy atom. The van der Waals surface area contributed by atoms with Crippen molar-refractivity contribution in [1.82, 2.24) is 4.90 Å². The van der Waals surface area contributed by atoms with Crippen LogP contribution in [0.2, 0.25) is 0 Å². The first kappa shape index (κ1) is 12.7.